The average molecular weight is 450 g/mol. The summed E-state index contributed by atoms with van der Waals surface area (Å²) < 4.78 is 26.1. The lowest BCUT2D eigenvalue weighted by Crippen LogP contribution is -2.52. The minimum absolute atomic E-state index is 0.362. The summed E-state index contributed by atoms with van der Waals surface area (Å²) in [7, 11) is 1.50. The number of aliphatic imine (C=N–C) groups is 1. The van der Waals surface area contributed by atoms with Gasteiger partial charge >= 0.3 is 0 Å². The van der Waals surface area contributed by atoms with Crippen molar-refractivity contribution in [3.05, 3.63) is 46.3 Å². The van der Waals surface area contributed by atoms with Crippen LogP contribution in [0.15, 0.2) is 39.5 Å². The SMILES string of the molecule is CN=C(NCc1ccc(S(=O)(=O)N(C)C)s1)N1CCN(c2cccc(C)c2C)CC1. The molecule has 7 nitrogen and oxygen atoms in total. The number of benzene rings is 1. The summed E-state index contributed by atoms with van der Waals surface area (Å²) in [6.07, 6.45) is 0. The third-order valence-electron chi connectivity index (χ3n) is 5.50. The monoisotopic (exact) mass is 449 g/mol. The number of piperazine rings is 1. The molecule has 1 fully saturated rings. The number of thiophene rings is 1. The second-order valence-electron chi connectivity index (χ2n) is 7.60. The number of aryl methyl sites for hydroxylation is 1. The third kappa shape index (κ3) is 4.79. The molecule has 1 aromatic heterocycles. The van der Waals surface area contributed by atoms with Crippen LogP contribution >= 0.6 is 11.3 Å². The Hall–Kier alpha value is -2.10. The van der Waals surface area contributed by atoms with Crippen LogP contribution in [0.4, 0.5) is 5.69 Å². The van der Waals surface area contributed by atoms with Crippen molar-refractivity contribution >= 4 is 33.0 Å². The van der Waals surface area contributed by atoms with Crippen molar-refractivity contribution in [1.82, 2.24) is 14.5 Å². The van der Waals surface area contributed by atoms with Gasteiger partial charge in [-0.1, -0.05) is 12.1 Å². The van der Waals surface area contributed by atoms with E-state index in [1.807, 2.05) is 6.07 Å². The number of nitrogens with zero attached hydrogens (tertiary/aromatic N) is 4. The summed E-state index contributed by atoms with van der Waals surface area (Å²) in [5.74, 6) is 0.848. The molecule has 1 N–H and O–H groups in total. The van der Waals surface area contributed by atoms with Gasteiger partial charge in [-0.15, -0.1) is 11.3 Å². The number of nitrogens with one attached hydrogen (secondary N) is 1. The van der Waals surface area contributed by atoms with Crippen molar-refractivity contribution in [2.45, 2.75) is 24.6 Å². The van der Waals surface area contributed by atoms with Crippen LogP contribution in [-0.2, 0) is 16.6 Å². The van der Waals surface area contributed by atoms with E-state index in [0.717, 1.165) is 37.0 Å². The van der Waals surface area contributed by atoms with E-state index in [-0.39, 0.29) is 0 Å². The molecule has 9 heteroatoms. The highest BCUT2D eigenvalue weighted by molar-refractivity contribution is 7.91. The van der Waals surface area contributed by atoms with E-state index < -0.39 is 10.0 Å². The molecule has 2 heterocycles. The third-order valence-corrected chi connectivity index (χ3v) is 8.87. The fraction of sp³-hybridized carbons (Fsp3) is 0.476. The maximum Gasteiger partial charge on any atom is 0.252 e. The first-order chi connectivity index (χ1) is 14.2. The van der Waals surface area contributed by atoms with Crippen molar-refractivity contribution < 1.29 is 8.42 Å². The molecule has 2 aromatic rings. The van der Waals surface area contributed by atoms with Gasteiger partial charge in [0, 0.05) is 57.9 Å². The van der Waals surface area contributed by atoms with Crippen LogP contribution in [0.5, 0.6) is 0 Å². The number of guanidine groups is 1. The van der Waals surface area contributed by atoms with Crippen LogP contribution in [0.1, 0.15) is 16.0 Å². The Morgan fingerprint density at radius 2 is 1.83 bits per heavy atom. The second kappa shape index (κ2) is 9.36. The lowest BCUT2D eigenvalue weighted by atomic mass is 10.1. The largest absolute Gasteiger partial charge is 0.368 e. The molecular formula is C21H31N5O2S2. The molecule has 30 heavy (non-hydrogen) atoms. The van der Waals surface area contributed by atoms with Gasteiger partial charge in [-0.05, 0) is 43.2 Å². The van der Waals surface area contributed by atoms with E-state index in [0.29, 0.717) is 10.8 Å². The van der Waals surface area contributed by atoms with Gasteiger partial charge in [-0.3, -0.25) is 4.99 Å². The van der Waals surface area contributed by atoms with Gasteiger partial charge in [-0.25, -0.2) is 12.7 Å². The highest BCUT2D eigenvalue weighted by atomic mass is 32.2. The highest BCUT2D eigenvalue weighted by Gasteiger charge is 2.22. The smallest absolute Gasteiger partial charge is 0.252 e. The number of sulfonamides is 1. The van der Waals surface area contributed by atoms with Crippen LogP contribution in [0, 0.1) is 13.8 Å². The summed E-state index contributed by atoms with van der Waals surface area (Å²) in [6.45, 7) is 8.54. The molecule has 0 amide bonds. The van der Waals surface area contributed by atoms with Crippen LogP contribution in [-0.4, -0.2) is 70.9 Å². The Morgan fingerprint density at radius 3 is 2.47 bits per heavy atom. The van der Waals surface area contributed by atoms with E-state index in [1.165, 1.54) is 32.5 Å². The van der Waals surface area contributed by atoms with Crippen LogP contribution in [0.25, 0.3) is 0 Å². The summed E-state index contributed by atoms with van der Waals surface area (Å²) >= 11 is 1.29. The molecule has 0 bridgehead atoms. The van der Waals surface area contributed by atoms with Gasteiger partial charge < -0.3 is 15.1 Å². The van der Waals surface area contributed by atoms with E-state index in [1.54, 1.807) is 27.2 Å². The second-order valence-corrected chi connectivity index (χ2v) is 11.1. The summed E-state index contributed by atoms with van der Waals surface area (Å²) in [5, 5.41) is 3.38. The number of anilines is 1. The normalized spacial score (nSPS) is 15.7. The fourth-order valence-electron chi connectivity index (χ4n) is 3.51. The molecule has 3 rings (SSSR count). The van der Waals surface area contributed by atoms with Crippen molar-refractivity contribution in [1.29, 1.82) is 0 Å². The zero-order chi connectivity index (χ0) is 21.9. The zero-order valence-electron chi connectivity index (χ0n) is 18.3. The molecule has 164 valence electrons. The fourth-order valence-corrected chi connectivity index (χ4v) is 5.97. The average Bonchev–Trinajstić information content (AvgIpc) is 3.21. The first-order valence-corrected chi connectivity index (χ1v) is 12.3. The standard InChI is InChI=1S/C21H31N5O2S2/c1-16-7-6-8-19(17(16)2)25-11-13-26(14-12-25)21(22-3)23-15-18-9-10-20(29-18)30(27,28)24(4)5/h6-10H,11-15H2,1-5H3,(H,22,23). The Balaban J connectivity index is 1.58. The zero-order valence-corrected chi connectivity index (χ0v) is 20.0. The first kappa shape index (κ1) is 22.6. The molecule has 1 aliphatic rings. The Morgan fingerprint density at radius 1 is 1.13 bits per heavy atom. The summed E-state index contributed by atoms with van der Waals surface area (Å²) in [6, 6.07) is 10.0. The number of hydrogen-bond donors (Lipinski definition) is 1. The van der Waals surface area contributed by atoms with Gasteiger partial charge in [-0.2, -0.15) is 0 Å². The van der Waals surface area contributed by atoms with Crippen LogP contribution in [0.2, 0.25) is 0 Å². The van der Waals surface area contributed by atoms with Gasteiger partial charge in [0.05, 0.1) is 6.54 Å². The predicted molar refractivity (Wildman–Crippen MR) is 125 cm³/mol. The molecular weight excluding hydrogens is 418 g/mol. The van der Waals surface area contributed by atoms with E-state index >= 15 is 0 Å². The molecule has 0 saturated carbocycles. The van der Waals surface area contributed by atoms with E-state index in [9.17, 15) is 8.42 Å². The van der Waals surface area contributed by atoms with Crippen molar-refractivity contribution in [2.75, 3.05) is 52.2 Å². The number of hydrogen-bond acceptors (Lipinski definition) is 5. The lowest BCUT2D eigenvalue weighted by Gasteiger charge is -2.38. The molecule has 0 aliphatic carbocycles. The minimum atomic E-state index is -3.38. The molecule has 0 radical (unpaired) electrons. The molecule has 0 atom stereocenters. The lowest BCUT2D eigenvalue weighted by molar-refractivity contribution is 0.372. The van der Waals surface area contributed by atoms with Gasteiger partial charge in [0.25, 0.3) is 10.0 Å². The van der Waals surface area contributed by atoms with Crippen molar-refractivity contribution in [3.63, 3.8) is 0 Å². The topological polar surface area (TPSA) is 68.2 Å². The summed E-state index contributed by atoms with van der Waals surface area (Å²) in [5.41, 5.74) is 3.97. The molecule has 0 unspecified atom stereocenters. The van der Waals surface area contributed by atoms with Gasteiger partial charge in [0.15, 0.2) is 5.96 Å². The highest BCUT2D eigenvalue weighted by Crippen LogP contribution is 2.25. The Kier molecular flexibility index (Phi) is 7.05. The van der Waals surface area contributed by atoms with Gasteiger partial charge in [0.2, 0.25) is 0 Å². The Labute approximate surface area is 184 Å². The Bertz CT molecular complexity index is 1010. The molecule has 1 aromatic carbocycles. The van der Waals surface area contributed by atoms with E-state index in [2.05, 4.69) is 52.2 Å². The van der Waals surface area contributed by atoms with Crippen molar-refractivity contribution in [3.8, 4) is 0 Å². The summed E-state index contributed by atoms with van der Waals surface area (Å²) in [4.78, 5) is 10.1. The number of rotatable bonds is 5. The molecule has 1 aliphatic heterocycles. The van der Waals surface area contributed by atoms with E-state index in [4.69, 9.17) is 0 Å². The van der Waals surface area contributed by atoms with Crippen molar-refractivity contribution in [2.24, 2.45) is 4.99 Å². The molecule has 1 saturated heterocycles. The van der Waals surface area contributed by atoms with Gasteiger partial charge in [0.1, 0.15) is 4.21 Å². The predicted octanol–water partition coefficient (Wildman–Crippen LogP) is 2.51. The maximum absolute atomic E-state index is 12.3. The first-order valence-electron chi connectivity index (χ1n) is 10.0. The molecule has 0 spiro atoms. The minimum Gasteiger partial charge on any atom is -0.368 e. The maximum atomic E-state index is 12.3. The quantitative estimate of drug-likeness (QED) is 0.561. The van der Waals surface area contributed by atoms with Crippen LogP contribution in [0.3, 0.4) is 0 Å². The van der Waals surface area contributed by atoms with Crippen LogP contribution < -0.4 is 10.2 Å².